The number of benzene rings is 2. The lowest BCUT2D eigenvalue weighted by Gasteiger charge is -2.20. The molecule has 0 saturated carbocycles. The Bertz CT molecular complexity index is 996. The van der Waals surface area contributed by atoms with E-state index in [2.05, 4.69) is 20.4 Å². The van der Waals surface area contributed by atoms with Gasteiger partial charge in [0.2, 0.25) is 0 Å². The Hall–Kier alpha value is -2.99. The molecule has 0 bridgehead atoms. The van der Waals surface area contributed by atoms with Gasteiger partial charge in [0.25, 0.3) is 5.91 Å². The maximum absolute atomic E-state index is 13.9. The van der Waals surface area contributed by atoms with Crippen LogP contribution in [0, 0.1) is 5.82 Å². The summed E-state index contributed by atoms with van der Waals surface area (Å²) in [4.78, 5) is 14.6. The van der Waals surface area contributed by atoms with E-state index in [1.165, 1.54) is 43.9 Å². The Morgan fingerprint density at radius 1 is 0.933 bits per heavy atom. The molecule has 0 atom stereocenters. The van der Waals surface area contributed by atoms with Gasteiger partial charge in [0.15, 0.2) is 5.82 Å². The molecule has 1 aromatic heterocycles. The molecule has 1 aliphatic heterocycles. The molecule has 7 heteroatoms. The van der Waals surface area contributed by atoms with Crippen LogP contribution in [0.4, 0.5) is 15.9 Å². The molecule has 4 rings (SSSR count). The van der Waals surface area contributed by atoms with E-state index in [4.69, 9.17) is 11.6 Å². The van der Waals surface area contributed by atoms with Gasteiger partial charge in [-0.3, -0.25) is 4.79 Å². The second-order valence-corrected chi connectivity index (χ2v) is 7.71. The number of hydrogen-bond acceptors (Lipinski definition) is 4. The molecule has 2 aromatic carbocycles. The molecule has 1 amide bonds. The molecule has 0 aliphatic carbocycles. The quantitative estimate of drug-likeness (QED) is 0.594. The molecular weight excluding hydrogens is 403 g/mol. The van der Waals surface area contributed by atoms with Gasteiger partial charge in [0, 0.05) is 24.3 Å². The summed E-state index contributed by atoms with van der Waals surface area (Å²) in [5.41, 5.74) is 2.01. The number of hydrogen-bond donors (Lipinski definition) is 1. The highest BCUT2D eigenvalue weighted by Gasteiger charge is 2.16. The van der Waals surface area contributed by atoms with Gasteiger partial charge < -0.3 is 10.2 Å². The second kappa shape index (κ2) is 9.22. The highest BCUT2D eigenvalue weighted by atomic mass is 35.5. The zero-order valence-electron chi connectivity index (χ0n) is 16.4. The smallest absolute Gasteiger partial charge is 0.260 e. The van der Waals surface area contributed by atoms with Crippen LogP contribution in [-0.2, 0) is 0 Å². The van der Waals surface area contributed by atoms with Crippen molar-refractivity contribution in [3.63, 3.8) is 0 Å². The van der Waals surface area contributed by atoms with Crippen LogP contribution < -0.4 is 10.2 Å². The van der Waals surface area contributed by atoms with Crippen molar-refractivity contribution in [2.45, 2.75) is 25.7 Å². The molecule has 3 aromatic rings. The van der Waals surface area contributed by atoms with Crippen molar-refractivity contribution in [3.05, 3.63) is 71.0 Å². The van der Waals surface area contributed by atoms with Crippen LogP contribution in [0.2, 0.25) is 5.02 Å². The number of rotatable bonds is 4. The number of halogens is 2. The first kappa shape index (κ1) is 20.3. The fourth-order valence-corrected chi connectivity index (χ4v) is 3.83. The summed E-state index contributed by atoms with van der Waals surface area (Å²) >= 11 is 5.95. The van der Waals surface area contributed by atoms with E-state index in [1.54, 1.807) is 12.1 Å². The largest absolute Gasteiger partial charge is 0.355 e. The van der Waals surface area contributed by atoms with Gasteiger partial charge in [-0.25, -0.2) is 4.39 Å². The van der Waals surface area contributed by atoms with Crippen LogP contribution in [0.5, 0.6) is 0 Å². The molecule has 0 radical (unpaired) electrons. The lowest BCUT2D eigenvalue weighted by molar-refractivity contribution is 0.102. The van der Waals surface area contributed by atoms with Gasteiger partial charge >= 0.3 is 0 Å². The molecule has 2 heterocycles. The van der Waals surface area contributed by atoms with E-state index in [9.17, 15) is 9.18 Å². The van der Waals surface area contributed by atoms with Crippen molar-refractivity contribution in [1.82, 2.24) is 10.2 Å². The fraction of sp³-hybridized carbons (Fsp3) is 0.261. The average Bonchev–Trinajstić information content (AvgIpc) is 3.04. The summed E-state index contributed by atoms with van der Waals surface area (Å²) in [6.45, 7) is 2.04. The number of anilines is 2. The number of nitrogens with zero attached hydrogens (tertiary/aromatic N) is 3. The maximum atomic E-state index is 13.9. The summed E-state index contributed by atoms with van der Waals surface area (Å²) < 4.78 is 13.9. The summed E-state index contributed by atoms with van der Waals surface area (Å²) in [6, 6.07) is 15.3. The molecule has 5 nitrogen and oxygen atoms in total. The first-order chi connectivity index (χ1) is 14.6. The van der Waals surface area contributed by atoms with E-state index in [0.717, 1.165) is 30.2 Å². The molecule has 1 N–H and O–H groups in total. The van der Waals surface area contributed by atoms with Crippen LogP contribution >= 0.6 is 11.6 Å². The Morgan fingerprint density at radius 3 is 2.30 bits per heavy atom. The standard InChI is InChI=1S/C23H22ClFN4O/c24-18-6-5-7-19(25)22(18)23(30)26-17-10-8-16(9-11-17)20-12-13-21(28-27-20)29-14-3-1-2-4-15-29/h5-13H,1-4,14-15H2,(H,26,30). The fourth-order valence-electron chi connectivity index (χ4n) is 3.58. The summed E-state index contributed by atoms with van der Waals surface area (Å²) in [5.74, 6) is -0.338. The van der Waals surface area contributed by atoms with Crippen LogP contribution in [-0.4, -0.2) is 29.2 Å². The molecular formula is C23H22ClFN4O. The highest BCUT2D eigenvalue weighted by molar-refractivity contribution is 6.34. The predicted octanol–water partition coefficient (Wildman–Crippen LogP) is 5.57. The molecule has 1 aliphatic rings. The summed E-state index contributed by atoms with van der Waals surface area (Å²) in [6.07, 6.45) is 4.92. The van der Waals surface area contributed by atoms with Crippen molar-refractivity contribution in [2.75, 3.05) is 23.3 Å². The Labute approximate surface area is 179 Å². The highest BCUT2D eigenvalue weighted by Crippen LogP contribution is 2.24. The normalized spacial score (nSPS) is 14.3. The van der Waals surface area contributed by atoms with Crippen LogP contribution in [0.25, 0.3) is 11.3 Å². The van der Waals surface area contributed by atoms with Crippen LogP contribution in [0.1, 0.15) is 36.0 Å². The van der Waals surface area contributed by atoms with Crippen molar-refractivity contribution in [2.24, 2.45) is 0 Å². The SMILES string of the molecule is O=C(Nc1ccc(-c2ccc(N3CCCCCC3)nn2)cc1)c1c(F)cccc1Cl. The number of amides is 1. The van der Waals surface area contributed by atoms with Gasteiger partial charge in [-0.15, -0.1) is 10.2 Å². The molecule has 1 fully saturated rings. The van der Waals surface area contributed by atoms with Gasteiger partial charge in [-0.05, 0) is 49.2 Å². The molecule has 0 spiro atoms. The molecule has 0 unspecified atom stereocenters. The number of carbonyl (C=O) groups is 1. The number of nitrogens with one attached hydrogen (secondary N) is 1. The second-order valence-electron chi connectivity index (χ2n) is 7.31. The van der Waals surface area contributed by atoms with Gasteiger partial charge in [-0.1, -0.05) is 42.6 Å². The van der Waals surface area contributed by atoms with E-state index in [-0.39, 0.29) is 10.6 Å². The maximum Gasteiger partial charge on any atom is 0.260 e. The first-order valence-electron chi connectivity index (χ1n) is 10.1. The summed E-state index contributed by atoms with van der Waals surface area (Å²) in [7, 11) is 0. The van der Waals surface area contributed by atoms with E-state index < -0.39 is 11.7 Å². The van der Waals surface area contributed by atoms with Crippen molar-refractivity contribution >= 4 is 29.0 Å². The zero-order valence-corrected chi connectivity index (χ0v) is 17.2. The third-order valence-electron chi connectivity index (χ3n) is 5.21. The van der Waals surface area contributed by atoms with Gasteiger partial charge in [0.05, 0.1) is 16.3 Å². The van der Waals surface area contributed by atoms with Crippen molar-refractivity contribution < 1.29 is 9.18 Å². The Kier molecular flexibility index (Phi) is 6.23. The zero-order chi connectivity index (χ0) is 20.9. The summed E-state index contributed by atoms with van der Waals surface area (Å²) in [5, 5.41) is 11.5. The third kappa shape index (κ3) is 4.60. The van der Waals surface area contributed by atoms with Crippen LogP contribution in [0.3, 0.4) is 0 Å². The minimum Gasteiger partial charge on any atom is -0.355 e. The molecule has 30 heavy (non-hydrogen) atoms. The van der Waals surface area contributed by atoms with E-state index >= 15 is 0 Å². The number of aromatic nitrogens is 2. The molecule has 154 valence electrons. The Balaban J connectivity index is 1.45. The van der Waals surface area contributed by atoms with Crippen molar-refractivity contribution in [1.29, 1.82) is 0 Å². The van der Waals surface area contributed by atoms with E-state index in [1.807, 2.05) is 24.3 Å². The topological polar surface area (TPSA) is 58.1 Å². The van der Waals surface area contributed by atoms with E-state index in [0.29, 0.717) is 5.69 Å². The first-order valence-corrected chi connectivity index (χ1v) is 10.4. The third-order valence-corrected chi connectivity index (χ3v) is 5.52. The lowest BCUT2D eigenvalue weighted by atomic mass is 10.1. The van der Waals surface area contributed by atoms with Gasteiger partial charge in [0.1, 0.15) is 5.82 Å². The lowest BCUT2D eigenvalue weighted by Crippen LogP contribution is -2.25. The van der Waals surface area contributed by atoms with Crippen LogP contribution in [0.15, 0.2) is 54.6 Å². The Morgan fingerprint density at radius 2 is 1.67 bits per heavy atom. The number of carbonyl (C=O) groups excluding carboxylic acids is 1. The predicted molar refractivity (Wildman–Crippen MR) is 118 cm³/mol. The molecule has 1 saturated heterocycles. The minimum absolute atomic E-state index is 0.0730. The minimum atomic E-state index is -0.656. The monoisotopic (exact) mass is 424 g/mol. The average molecular weight is 425 g/mol. The van der Waals surface area contributed by atoms with Crippen molar-refractivity contribution in [3.8, 4) is 11.3 Å². The van der Waals surface area contributed by atoms with Gasteiger partial charge in [-0.2, -0.15) is 0 Å².